The van der Waals surface area contributed by atoms with Crippen LogP contribution in [0.1, 0.15) is 19.3 Å². The summed E-state index contributed by atoms with van der Waals surface area (Å²) in [6.45, 7) is 0.787. The summed E-state index contributed by atoms with van der Waals surface area (Å²) in [5.74, 6) is 1.15. The molecule has 2 aliphatic carbocycles. The van der Waals surface area contributed by atoms with Crippen LogP contribution in [0.4, 0.5) is 4.79 Å². The highest BCUT2D eigenvalue weighted by Crippen LogP contribution is 2.36. The van der Waals surface area contributed by atoms with E-state index >= 15 is 0 Å². The van der Waals surface area contributed by atoms with Gasteiger partial charge in [-0.3, -0.25) is 0 Å². The molecule has 0 spiro atoms. The SMILES string of the molecule is O=C1NCC2CC3CCC=CC=C3C=C2N1. The van der Waals surface area contributed by atoms with Crippen molar-refractivity contribution in [3.8, 4) is 0 Å². The van der Waals surface area contributed by atoms with Crippen molar-refractivity contribution in [2.75, 3.05) is 6.54 Å². The zero-order chi connectivity index (χ0) is 11.0. The normalized spacial score (nSPS) is 32.4. The molecule has 1 aliphatic heterocycles. The number of nitrogens with one attached hydrogen (secondary N) is 2. The minimum absolute atomic E-state index is 0.0642. The Morgan fingerprint density at radius 1 is 1.31 bits per heavy atom. The Balaban J connectivity index is 1.91. The van der Waals surface area contributed by atoms with Gasteiger partial charge >= 0.3 is 6.03 Å². The molecule has 0 aromatic carbocycles. The molecule has 0 radical (unpaired) electrons. The van der Waals surface area contributed by atoms with Crippen LogP contribution in [0.15, 0.2) is 35.6 Å². The molecule has 3 aliphatic rings. The van der Waals surface area contributed by atoms with Crippen LogP contribution in [0.3, 0.4) is 0 Å². The standard InChI is InChI=1S/C13H16N2O/c16-13-14-8-11-6-9-4-2-1-3-5-10(9)7-12(11)15-13/h1,3,5,7,9,11H,2,4,6,8H2,(H2,14,15,16). The highest BCUT2D eigenvalue weighted by atomic mass is 16.2. The third kappa shape index (κ3) is 1.66. The van der Waals surface area contributed by atoms with Gasteiger partial charge in [-0.25, -0.2) is 4.79 Å². The van der Waals surface area contributed by atoms with Gasteiger partial charge in [-0.15, -0.1) is 0 Å². The summed E-state index contributed by atoms with van der Waals surface area (Å²) in [6, 6.07) is -0.0642. The van der Waals surface area contributed by atoms with Crippen molar-refractivity contribution in [3.63, 3.8) is 0 Å². The quantitative estimate of drug-likeness (QED) is 0.639. The fraction of sp³-hybridized carbons (Fsp3) is 0.462. The number of carbonyl (C=O) groups excluding carboxylic acids is 1. The van der Waals surface area contributed by atoms with E-state index in [9.17, 15) is 4.79 Å². The van der Waals surface area contributed by atoms with Gasteiger partial charge in [-0.2, -0.15) is 0 Å². The molecule has 2 N–H and O–H groups in total. The van der Waals surface area contributed by atoms with Gasteiger partial charge in [-0.1, -0.05) is 18.2 Å². The smallest absolute Gasteiger partial charge is 0.319 e. The molecule has 0 aromatic heterocycles. The highest BCUT2D eigenvalue weighted by molar-refractivity contribution is 5.77. The molecule has 84 valence electrons. The number of amides is 2. The fourth-order valence-electron chi connectivity index (χ4n) is 2.79. The van der Waals surface area contributed by atoms with E-state index in [-0.39, 0.29) is 6.03 Å². The van der Waals surface area contributed by atoms with Crippen LogP contribution >= 0.6 is 0 Å². The lowest BCUT2D eigenvalue weighted by Gasteiger charge is -2.34. The van der Waals surface area contributed by atoms with Crippen LogP contribution in [-0.4, -0.2) is 12.6 Å². The largest absolute Gasteiger partial charge is 0.337 e. The molecule has 3 rings (SSSR count). The van der Waals surface area contributed by atoms with E-state index in [4.69, 9.17) is 0 Å². The monoisotopic (exact) mass is 216 g/mol. The molecule has 1 heterocycles. The van der Waals surface area contributed by atoms with E-state index in [1.807, 2.05) is 0 Å². The van der Waals surface area contributed by atoms with Crippen molar-refractivity contribution in [3.05, 3.63) is 35.6 Å². The Hall–Kier alpha value is -1.51. The molecule has 2 atom stereocenters. The van der Waals surface area contributed by atoms with Crippen LogP contribution in [0.2, 0.25) is 0 Å². The average Bonchev–Trinajstić information content (AvgIpc) is 2.50. The van der Waals surface area contributed by atoms with Gasteiger partial charge in [0.25, 0.3) is 0 Å². The first-order chi connectivity index (χ1) is 7.83. The summed E-state index contributed by atoms with van der Waals surface area (Å²) < 4.78 is 0. The van der Waals surface area contributed by atoms with Crippen molar-refractivity contribution in [1.82, 2.24) is 10.6 Å². The highest BCUT2D eigenvalue weighted by Gasteiger charge is 2.31. The second-order valence-electron chi connectivity index (χ2n) is 4.74. The van der Waals surface area contributed by atoms with Gasteiger partial charge in [0.15, 0.2) is 0 Å². The Morgan fingerprint density at radius 2 is 2.25 bits per heavy atom. The number of urea groups is 1. The van der Waals surface area contributed by atoms with Crippen LogP contribution in [0.25, 0.3) is 0 Å². The first kappa shape index (κ1) is 9.70. The minimum atomic E-state index is -0.0642. The maximum absolute atomic E-state index is 11.2. The third-order valence-electron chi connectivity index (χ3n) is 3.68. The molecule has 2 amide bonds. The zero-order valence-electron chi connectivity index (χ0n) is 9.20. The van der Waals surface area contributed by atoms with Crippen LogP contribution in [0, 0.1) is 11.8 Å². The molecule has 0 bridgehead atoms. The molecule has 2 unspecified atom stereocenters. The van der Waals surface area contributed by atoms with Crippen molar-refractivity contribution >= 4 is 6.03 Å². The summed E-state index contributed by atoms with van der Waals surface area (Å²) in [5, 5.41) is 5.78. The summed E-state index contributed by atoms with van der Waals surface area (Å²) in [4.78, 5) is 11.2. The minimum Gasteiger partial charge on any atom is -0.337 e. The van der Waals surface area contributed by atoms with Crippen molar-refractivity contribution in [2.45, 2.75) is 19.3 Å². The second kappa shape index (κ2) is 3.81. The fourth-order valence-corrected chi connectivity index (χ4v) is 2.79. The molecule has 3 heteroatoms. The lowest BCUT2D eigenvalue weighted by Crippen LogP contribution is -2.48. The number of hydrogen-bond donors (Lipinski definition) is 2. The molecule has 3 nitrogen and oxygen atoms in total. The summed E-state index contributed by atoms with van der Waals surface area (Å²) in [5.41, 5.74) is 2.48. The maximum atomic E-state index is 11.2. The lowest BCUT2D eigenvalue weighted by molar-refractivity contribution is 0.232. The van der Waals surface area contributed by atoms with E-state index in [1.54, 1.807) is 0 Å². The zero-order valence-corrected chi connectivity index (χ0v) is 9.20. The lowest BCUT2D eigenvalue weighted by atomic mass is 9.78. The first-order valence-corrected chi connectivity index (χ1v) is 5.96. The Labute approximate surface area is 95.3 Å². The molecule has 0 saturated carbocycles. The van der Waals surface area contributed by atoms with Crippen molar-refractivity contribution < 1.29 is 4.79 Å². The topological polar surface area (TPSA) is 41.1 Å². The van der Waals surface area contributed by atoms with E-state index in [0.29, 0.717) is 11.8 Å². The van der Waals surface area contributed by atoms with Crippen molar-refractivity contribution in [1.29, 1.82) is 0 Å². The van der Waals surface area contributed by atoms with Gasteiger partial charge in [0, 0.05) is 18.2 Å². The predicted molar refractivity (Wildman–Crippen MR) is 62.7 cm³/mol. The second-order valence-corrected chi connectivity index (χ2v) is 4.74. The van der Waals surface area contributed by atoms with Crippen molar-refractivity contribution in [2.24, 2.45) is 11.8 Å². The van der Waals surface area contributed by atoms with Gasteiger partial charge in [0.1, 0.15) is 0 Å². The van der Waals surface area contributed by atoms with Gasteiger partial charge in [0.2, 0.25) is 0 Å². The van der Waals surface area contributed by atoms with E-state index < -0.39 is 0 Å². The van der Waals surface area contributed by atoms with Gasteiger partial charge in [0.05, 0.1) is 0 Å². The van der Waals surface area contributed by atoms with E-state index in [2.05, 4.69) is 34.9 Å². The van der Waals surface area contributed by atoms with Gasteiger partial charge in [-0.05, 0) is 36.8 Å². The Kier molecular flexibility index (Phi) is 2.31. The molecule has 16 heavy (non-hydrogen) atoms. The summed E-state index contributed by atoms with van der Waals surface area (Å²) in [7, 11) is 0. The molecule has 1 fully saturated rings. The van der Waals surface area contributed by atoms with Crippen LogP contribution in [-0.2, 0) is 0 Å². The summed E-state index contributed by atoms with van der Waals surface area (Å²) >= 11 is 0. The Morgan fingerprint density at radius 3 is 3.19 bits per heavy atom. The number of fused-ring (bicyclic) bond motifs is 2. The summed E-state index contributed by atoms with van der Waals surface area (Å²) in [6.07, 6.45) is 12.3. The first-order valence-electron chi connectivity index (χ1n) is 5.96. The van der Waals surface area contributed by atoms with E-state index in [1.165, 1.54) is 18.4 Å². The predicted octanol–water partition coefficient (Wildman–Crippen LogP) is 2.10. The van der Waals surface area contributed by atoms with E-state index in [0.717, 1.165) is 18.7 Å². The molecular formula is C13H16N2O. The number of allylic oxidation sites excluding steroid dienone is 5. The maximum Gasteiger partial charge on any atom is 0.319 e. The van der Waals surface area contributed by atoms with Crippen LogP contribution in [0.5, 0.6) is 0 Å². The average molecular weight is 216 g/mol. The number of carbonyl (C=O) groups is 1. The van der Waals surface area contributed by atoms with Gasteiger partial charge < -0.3 is 10.6 Å². The molecule has 0 aromatic rings. The van der Waals surface area contributed by atoms with Crippen LogP contribution < -0.4 is 10.6 Å². The number of rotatable bonds is 0. The molecule has 1 saturated heterocycles. The number of hydrogen-bond acceptors (Lipinski definition) is 1. The molecular weight excluding hydrogens is 200 g/mol. The third-order valence-corrected chi connectivity index (χ3v) is 3.68. The Bertz CT molecular complexity index is 406.